The zero-order valence-electron chi connectivity index (χ0n) is 20.2. The Morgan fingerprint density at radius 2 is 1.82 bits per heavy atom. The molecule has 0 amide bonds. The van der Waals surface area contributed by atoms with Crippen LogP contribution in [-0.2, 0) is 9.47 Å². The molecule has 3 heterocycles. The Kier molecular flexibility index (Phi) is 9.01. The monoisotopic (exact) mass is 472 g/mol. The van der Waals surface area contributed by atoms with Gasteiger partial charge < -0.3 is 25.4 Å². The Morgan fingerprint density at radius 1 is 1.06 bits per heavy atom. The molecule has 0 spiro atoms. The number of anilines is 2. The summed E-state index contributed by atoms with van der Waals surface area (Å²) in [4.78, 5) is 4.29. The number of ether oxygens (including phenoxy) is 2. The van der Waals surface area contributed by atoms with E-state index in [1.54, 1.807) is 19.4 Å². The number of aromatic nitrogens is 3. The summed E-state index contributed by atoms with van der Waals surface area (Å²) >= 11 is 0. The second kappa shape index (κ2) is 12.4. The molecule has 0 radical (unpaired) electrons. The van der Waals surface area contributed by atoms with Gasteiger partial charge in [0.15, 0.2) is 0 Å². The molecule has 34 heavy (non-hydrogen) atoms. The average molecular weight is 473 g/mol. The molecular weight excluding hydrogens is 435 g/mol. The SMILES string of the molecule is COCC(C)NC1CCC(Nc2cc(-c3cnnc(NCC4CCOCC4)c3)c(F)cn2)CC1. The molecule has 2 aromatic rings. The zero-order chi connectivity index (χ0) is 23.8. The van der Waals surface area contributed by atoms with Gasteiger partial charge in [0.2, 0.25) is 0 Å². The predicted octanol–water partition coefficient (Wildman–Crippen LogP) is 3.86. The van der Waals surface area contributed by atoms with Crippen LogP contribution in [0.25, 0.3) is 11.1 Å². The van der Waals surface area contributed by atoms with Crippen LogP contribution in [0, 0.1) is 11.7 Å². The first-order chi connectivity index (χ1) is 16.6. The van der Waals surface area contributed by atoms with Gasteiger partial charge in [-0.05, 0) is 63.5 Å². The maximum Gasteiger partial charge on any atom is 0.149 e. The minimum absolute atomic E-state index is 0.328. The van der Waals surface area contributed by atoms with Crippen molar-refractivity contribution in [1.29, 1.82) is 0 Å². The van der Waals surface area contributed by atoms with Gasteiger partial charge in [0.1, 0.15) is 17.5 Å². The van der Waals surface area contributed by atoms with Crippen LogP contribution in [0.4, 0.5) is 16.0 Å². The van der Waals surface area contributed by atoms with Crippen LogP contribution in [-0.4, -0.2) is 66.8 Å². The number of nitrogens with zero attached hydrogens (tertiary/aromatic N) is 3. The van der Waals surface area contributed by atoms with E-state index in [1.165, 1.54) is 6.20 Å². The molecule has 3 N–H and O–H groups in total. The van der Waals surface area contributed by atoms with E-state index < -0.39 is 0 Å². The second-order valence-corrected chi connectivity index (χ2v) is 9.53. The second-order valence-electron chi connectivity index (χ2n) is 9.53. The molecule has 0 bridgehead atoms. The molecule has 1 saturated heterocycles. The van der Waals surface area contributed by atoms with E-state index in [0.717, 1.165) is 64.9 Å². The van der Waals surface area contributed by atoms with Crippen molar-refractivity contribution in [2.75, 3.05) is 44.1 Å². The van der Waals surface area contributed by atoms with Crippen LogP contribution >= 0.6 is 0 Å². The minimum Gasteiger partial charge on any atom is -0.383 e. The van der Waals surface area contributed by atoms with Crippen molar-refractivity contribution in [3.8, 4) is 11.1 Å². The summed E-state index contributed by atoms with van der Waals surface area (Å²) in [6.07, 6.45) is 9.24. The third kappa shape index (κ3) is 7.07. The van der Waals surface area contributed by atoms with Crippen molar-refractivity contribution in [3.63, 3.8) is 0 Å². The van der Waals surface area contributed by atoms with Gasteiger partial charge in [-0.3, -0.25) is 0 Å². The van der Waals surface area contributed by atoms with E-state index in [1.807, 2.05) is 6.07 Å². The number of methoxy groups -OCH3 is 1. The molecule has 1 aliphatic heterocycles. The lowest BCUT2D eigenvalue weighted by molar-refractivity contribution is 0.0699. The molecule has 0 aromatic carbocycles. The van der Waals surface area contributed by atoms with E-state index >= 15 is 0 Å². The summed E-state index contributed by atoms with van der Waals surface area (Å²) in [6, 6.07) is 4.82. The minimum atomic E-state index is -0.367. The first-order valence-electron chi connectivity index (χ1n) is 12.4. The van der Waals surface area contributed by atoms with E-state index in [4.69, 9.17) is 9.47 Å². The normalized spacial score (nSPS) is 22.3. The van der Waals surface area contributed by atoms with Crippen molar-refractivity contribution < 1.29 is 13.9 Å². The quantitative estimate of drug-likeness (QED) is 0.480. The van der Waals surface area contributed by atoms with E-state index in [9.17, 15) is 4.39 Å². The van der Waals surface area contributed by atoms with Crippen LogP contribution in [0.3, 0.4) is 0 Å². The van der Waals surface area contributed by atoms with Gasteiger partial charge in [0.05, 0.1) is 19.0 Å². The van der Waals surface area contributed by atoms with E-state index in [-0.39, 0.29) is 5.82 Å². The fourth-order valence-electron chi connectivity index (χ4n) is 4.85. The highest BCUT2D eigenvalue weighted by atomic mass is 19.1. The van der Waals surface area contributed by atoms with Crippen molar-refractivity contribution in [2.45, 2.75) is 63.6 Å². The van der Waals surface area contributed by atoms with Crippen LogP contribution in [0.2, 0.25) is 0 Å². The highest BCUT2D eigenvalue weighted by Gasteiger charge is 2.23. The number of nitrogens with one attached hydrogen (secondary N) is 3. The third-order valence-electron chi connectivity index (χ3n) is 6.75. The summed E-state index contributed by atoms with van der Waals surface area (Å²) in [5.74, 6) is 1.53. The summed E-state index contributed by atoms with van der Waals surface area (Å²) in [5.41, 5.74) is 1.16. The van der Waals surface area contributed by atoms with Gasteiger partial charge in [0.25, 0.3) is 0 Å². The molecule has 1 unspecified atom stereocenters. The topological polar surface area (TPSA) is 93.2 Å². The molecule has 1 atom stereocenters. The Hall–Kier alpha value is -2.36. The molecular formula is C25H37FN6O2. The smallest absolute Gasteiger partial charge is 0.149 e. The van der Waals surface area contributed by atoms with Crippen molar-refractivity contribution in [2.24, 2.45) is 5.92 Å². The van der Waals surface area contributed by atoms with Crippen LogP contribution in [0.15, 0.2) is 24.5 Å². The number of hydrogen-bond donors (Lipinski definition) is 3. The molecule has 1 saturated carbocycles. The maximum atomic E-state index is 14.7. The number of halogens is 1. The zero-order valence-corrected chi connectivity index (χ0v) is 20.2. The Bertz CT molecular complexity index is 903. The fraction of sp³-hybridized carbons (Fsp3) is 0.640. The summed E-state index contributed by atoms with van der Waals surface area (Å²) in [7, 11) is 1.73. The van der Waals surface area contributed by atoms with Crippen molar-refractivity contribution in [1.82, 2.24) is 20.5 Å². The highest BCUT2D eigenvalue weighted by Crippen LogP contribution is 2.28. The highest BCUT2D eigenvalue weighted by molar-refractivity contribution is 5.68. The van der Waals surface area contributed by atoms with Gasteiger partial charge in [-0.2, -0.15) is 5.10 Å². The van der Waals surface area contributed by atoms with Crippen LogP contribution in [0.1, 0.15) is 45.4 Å². The Balaban J connectivity index is 1.34. The standard InChI is InChI=1S/C25H37FN6O2/c1-17(16-33-2)30-20-3-5-21(6-4-20)31-24-12-22(23(26)15-28-24)19-11-25(32-29-14-19)27-13-18-7-9-34-10-8-18/h11-12,14-15,17-18,20-21,30H,3-10,13,16H2,1-2H3,(H,27,32)(H,28,31). The van der Waals surface area contributed by atoms with Gasteiger partial charge in [-0.1, -0.05) is 0 Å². The molecule has 4 rings (SSSR count). The van der Waals surface area contributed by atoms with Gasteiger partial charge in [-0.15, -0.1) is 5.10 Å². The summed E-state index contributed by atoms with van der Waals surface area (Å²) < 4.78 is 25.3. The first kappa shape index (κ1) is 24.8. The van der Waals surface area contributed by atoms with Gasteiger partial charge in [-0.25, -0.2) is 9.37 Å². The lowest BCUT2D eigenvalue weighted by Crippen LogP contribution is -2.42. The molecule has 2 fully saturated rings. The lowest BCUT2D eigenvalue weighted by Gasteiger charge is -2.31. The molecule has 8 nitrogen and oxygen atoms in total. The van der Waals surface area contributed by atoms with E-state index in [2.05, 4.69) is 38.1 Å². The fourth-order valence-corrected chi connectivity index (χ4v) is 4.85. The largest absolute Gasteiger partial charge is 0.383 e. The summed E-state index contributed by atoms with van der Waals surface area (Å²) in [5, 5.41) is 18.8. The van der Waals surface area contributed by atoms with E-state index in [0.29, 0.717) is 46.8 Å². The third-order valence-corrected chi connectivity index (χ3v) is 6.75. The Morgan fingerprint density at radius 3 is 2.59 bits per heavy atom. The number of hydrogen-bond acceptors (Lipinski definition) is 8. The van der Waals surface area contributed by atoms with Crippen molar-refractivity contribution >= 4 is 11.6 Å². The molecule has 2 aliphatic rings. The average Bonchev–Trinajstić information content (AvgIpc) is 2.86. The maximum absolute atomic E-state index is 14.7. The van der Waals surface area contributed by atoms with Crippen LogP contribution < -0.4 is 16.0 Å². The molecule has 1 aliphatic carbocycles. The number of rotatable bonds is 10. The Labute approximate surface area is 201 Å². The number of pyridine rings is 1. The van der Waals surface area contributed by atoms with Gasteiger partial charge in [0, 0.05) is 56.1 Å². The first-order valence-corrected chi connectivity index (χ1v) is 12.4. The molecule has 2 aromatic heterocycles. The summed E-state index contributed by atoms with van der Waals surface area (Å²) in [6.45, 7) is 5.30. The molecule has 9 heteroatoms. The lowest BCUT2D eigenvalue weighted by atomic mass is 9.90. The van der Waals surface area contributed by atoms with Crippen molar-refractivity contribution in [3.05, 3.63) is 30.3 Å². The van der Waals surface area contributed by atoms with Crippen LogP contribution in [0.5, 0.6) is 0 Å². The molecule has 186 valence electrons. The van der Waals surface area contributed by atoms with Gasteiger partial charge >= 0.3 is 0 Å². The predicted molar refractivity (Wildman–Crippen MR) is 131 cm³/mol.